The van der Waals surface area contributed by atoms with Crippen LogP contribution in [0.4, 0.5) is 0 Å². The molecule has 0 fully saturated rings. The molecule has 19 heavy (non-hydrogen) atoms. The molecule has 2 N–H and O–H groups in total. The summed E-state index contributed by atoms with van der Waals surface area (Å²) in [6.45, 7) is 1.69. The molecule has 2 atom stereocenters. The van der Waals surface area contributed by atoms with E-state index in [1.807, 2.05) is 0 Å². The van der Waals surface area contributed by atoms with Crippen molar-refractivity contribution in [1.82, 2.24) is 5.32 Å². The molecule has 0 saturated carbocycles. The van der Waals surface area contributed by atoms with Gasteiger partial charge >= 0.3 is 0 Å². The monoisotopic (exact) mass is 287 g/mol. The second-order valence-electron chi connectivity index (χ2n) is 4.06. The van der Waals surface area contributed by atoms with Gasteiger partial charge in [-0.3, -0.25) is 4.79 Å². The number of aliphatic hydroxyl groups excluding tert-OH is 1. The highest BCUT2D eigenvalue weighted by molar-refractivity contribution is 6.30. The first-order chi connectivity index (χ1) is 9.06. The van der Waals surface area contributed by atoms with Crippen LogP contribution in [0.25, 0.3) is 0 Å². The number of hydrogen-bond acceptors (Lipinski definition) is 4. The fourth-order valence-corrected chi connectivity index (χ4v) is 1.56. The number of carbonyl (C=O) groups excluding carboxylic acids is 1. The molecule has 1 amide bonds. The quantitative estimate of drug-likeness (QED) is 0.791. The van der Waals surface area contributed by atoms with Crippen LogP contribution in [-0.4, -0.2) is 43.5 Å². The molecule has 6 heteroatoms. The number of hydrogen-bond donors (Lipinski definition) is 2. The number of halogens is 1. The first-order valence-electron chi connectivity index (χ1n) is 5.89. The lowest BCUT2D eigenvalue weighted by molar-refractivity contribution is -0.128. The maximum Gasteiger partial charge on any atom is 0.261 e. The molecule has 0 aromatic heterocycles. The lowest BCUT2D eigenvalue weighted by Crippen LogP contribution is -2.46. The van der Waals surface area contributed by atoms with Gasteiger partial charge in [-0.1, -0.05) is 11.6 Å². The van der Waals surface area contributed by atoms with Gasteiger partial charge in [-0.05, 0) is 31.2 Å². The van der Waals surface area contributed by atoms with Crippen LogP contribution < -0.4 is 10.1 Å². The van der Waals surface area contributed by atoms with E-state index in [2.05, 4.69) is 5.32 Å². The zero-order valence-electron chi connectivity index (χ0n) is 10.9. The van der Waals surface area contributed by atoms with Gasteiger partial charge in [0.25, 0.3) is 5.91 Å². The van der Waals surface area contributed by atoms with E-state index in [-0.39, 0.29) is 19.1 Å². The molecule has 0 heterocycles. The second kappa shape index (κ2) is 7.99. The number of amides is 1. The van der Waals surface area contributed by atoms with E-state index in [0.717, 1.165) is 0 Å². The van der Waals surface area contributed by atoms with Gasteiger partial charge in [0.2, 0.25) is 0 Å². The van der Waals surface area contributed by atoms with Crippen LogP contribution in [0.5, 0.6) is 5.75 Å². The summed E-state index contributed by atoms with van der Waals surface area (Å²) in [7, 11) is 1.50. The molecule has 1 aromatic carbocycles. The average molecular weight is 288 g/mol. The van der Waals surface area contributed by atoms with E-state index in [0.29, 0.717) is 10.8 Å². The van der Waals surface area contributed by atoms with Crippen LogP contribution in [-0.2, 0) is 9.53 Å². The Morgan fingerprint density at radius 3 is 2.58 bits per heavy atom. The zero-order valence-corrected chi connectivity index (χ0v) is 11.7. The van der Waals surface area contributed by atoms with Gasteiger partial charge in [-0.2, -0.15) is 0 Å². The van der Waals surface area contributed by atoms with E-state index >= 15 is 0 Å². The minimum atomic E-state index is -0.674. The predicted octanol–water partition coefficient (Wildman–Crippen LogP) is 1.23. The molecule has 0 saturated heterocycles. The molecule has 5 nitrogen and oxygen atoms in total. The van der Waals surface area contributed by atoms with Gasteiger partial charge < -0.3 is 19.9 Å². The molecule has 2 unspecified atom stereocenters. The average Bonchev–Trinajstić information content (AvgIpc) is 2.40. The van der Waals surface area contributed by atoms with Gasteiger partial charge in [0.15, 0.2) is 6.10 Å². The van der Waals surface area contributed by atoms with Crippen LogP contribution in [0.15, 0.2) is 24.3 Å². The van der Waals surface area contributed by atoms with Crippen LogP contribution in [0.3, 0.4) is 0 Å². The molecule has 1 aromatic rings. The highest BCUT2D eigenvalue weighted by Crippen LogP contribution is 2.16. The Bertz CT molecular complexity index is 396. The topological polar surface area (TPSA) is 67.8 Å². The van der Waals surface area contributed by atoms with Crippen molar-refractivity contribution in [3.63, 3.8) is 0 Å². The Morgan fingerprint density at radius 1 is 1.42 bits per heavy atom. The Hall–Kier alpha value is -1.30. The molecule has 0 aliphatic rings. The van der Waals surface area contributed by atoms with Crippen molar-refractivity contribution in [2.75, 3.05) is 20.3 Å². The van der Waals surface area contributed by atoms with E-state index < -0.39 is 12.1 Å². The van der Waals surface area contributed by atoms with Gasteiger partial charge in [0.05, 0.1) is 19.3 Å². The summed E-state index contributed by atoms with van der Waals surface area (Å²) in [5, 5.41) is 12.3. The summed E-state index contributed by atoms with van der Waals surface area (Å²) in [5.74, 6) is 0.241. The number of aliphatic hydroxyl groups is 1. The van der Waals surface area contributed by atoms with E-state index in [9.17, 15) is 4.79 Å². The van der Waals surface area contributed by atoms with Crippen molar-refractivity contribution in [1.29, 1.82) is 0 Å². The molecule has 0 aliphatic carbocycles. The summed E-state index contributed by atoms with van der Waals surface area (Å²) in [6.07, 6.45) is -0.674. The largest absolute Gasteiger partial charge is 0.481 e. The summed E-state index contributed by atoms with van der Waals surface area (Å²) in [6, 6.07) is 6.30. The Balaban J connectivity index is 2.50. The smallest absolute Gasteiger partial charge is 0.261 e. The molecule has 0 radical (unpaired) electrons. The Labute approximate surface area is 117 Å². The zero-order chi connectivity index (χ0) is 14.3. The van der Waals surface area contributed by atoms with Crippen molar-refractivity contribution in [2.24, 2.45) is 0 Å². The van der Waals surface area contributed by atoms with Gasteiger partial charge in [-0.25, -0.2) is 0 Å². The van der Waals surface area contributed by atoms with Crippen LogP contribution in [0.2, 0.25) is 5.02 Å². The van der Waals surface area contributed by atoms with Gasteiger partial charge in [0, 0.05) is 12.1 Å². The lowest BCUT2D eigenvalue weighted by Gasteiger charge is -2.19. The Kier molecular flexibility index (Phi) is 6.62. The first kappa shape index (κ1) is 15.8. The van der Waals surface area contributed by atoms with E-state index in [1.54, 1.807) is 31.2 Å². The number of rotatable bonds is 7. The third-order valence-electron chi connectivity index (χ3n) is 2.43. The van der Waals surface area contributed by atoms with E-state index in [1.165, 1.54) is 7.11 Å². The van der Waals surface area contributed by atoms with Crippen molar-refractivity contribution >= 4 is 17.5 Å². The van der Waals surface area contributed by atoms with Gasteiger partial charge in [0.1, 0.15) is 5.75 Å². The van der Waals surface area contributed by atoms with Crippen LogP contribution >= 0.6 is 11.6 Å². The lowest BCUT2D eigenvalue weighted by atomic mass is 10.3. The standard InChI is InChI=1S/C13H18ClNO4/c1-9(13(17)15-11(7-16)8-18-2)19-12-5-3-10(14)4-6-12/h3-6,9,11,16H,7-8H2,1-2H3,(H,15,17). The highest BCUT2D eigenvalue weighted by atomic mass is 35.5. The van der Waals surface area contributed by atoms with Crippen molar-refractivity contribution < 1.29 is 19.4 Å². The second-order valence-corrected chi connectivity index (χ2v) is 4.49. The molecule has 0 bridgehead atoms. The third-order valence-corrected chi connectivity index (χ3v) is 2.68. The molecular weight excluding hydrogens is 270 g/mol. The summed E-state index contributed by atoms with van der Waals surface area (Å²) >= 11 is 5.76. The number of carbonyl (C=O) groups is 1. The summed E-state index contributed by atoms with van der Waals surface area (Å²) < 4.78 is 10.3. The molecule has 106 valence electrons. The normalized spacial score (nSPS) is 13.7. The van der Waals surface area contributed by atoms with Crippen molar-refractivity contribution in [3.8, 4) is 5.75 Å². The molecular formula is C13H18ClNO4. The maximum absolute atomic E-state index is 11.8. The maximum atomic E-state index is 11.8. The van der Waals surface area contributed by atoms with Crippen LogP contribution in [0.1, 0.15) is 6.92 Å². The Morgan fingerprint density at radius 2 is 2.05 bits per heavy atom. The number of benzene rings is 1. The van der Waals surface area contributed by atoms with Crippen LogP contribution in [0, 0.1) is 0 Å². The molecule has 0 aliphatic heterocycles. The highest BCUT2D eigenvalue weighted by Gasteiger charge is 2.18. The van der Waals surface area contributed by atoms with Gasteiger partial charge in [-0.15, -0.1) is 0 Å². The minimum absolute atomic E-state index is 0.187. The number of methoxy groups -OCH3 is 1. The first-order valence-corrected chi connectivity index (χ1v) is 6.27. The minimum Gasteiger partial charge on any atom is -0.481 e. The SMILES string of the molecule is COCC(CO)NC(=O)C(C)Oc1ccc(Cl)cc1. The fourth-order valence-electron chi connectivity index (χ4n) is 1.43. The fraction of sp³-hybridized carbons (Fsp3) is 0.462. The summed E-state index contributed by atoms with van der Waals surface area (Å²) in [4.78, 5) is 11.8. The summed E-state index contributed by atoms with van der Waals surface area (Å²) in [5.41, 5.74) is 0. The van der Waals surface area contributed by atoms with Crippen molar-refractivity contribution in [3.05, 3.63) is 29.3 Å². The third kappa shape index (κ3) is 5.46. The molecule has 1 rings (SSSR count). The van der Waals surface area contributed by atoms with Crippen molar-refractivity contribution in [2.45, 2.75) is 19.1 Å². The molecule has 0 spiro atoms. The predicted molar refractivity (Wildman–Crippen MR) is 72.4 cm³/mol. The number of ether oxygens (including phenoxy) is 2. The number of nitrogens with one attached hydrogen (secondary N) is 1. The van der Waals surface area contributed by atoms with E-state index in [4.69, 9.17) is 26.2 Å².